The number of nitriles is 1. The van der Waals surface area contributed by atoms with Crippen LogP contribution in [0.5, 0.6) is 0 Å². The largest absolute Gasteiger partial charge is 0.233 e. The molecule has 17 heavy (non-hydrogen) atoms. The van der Waals surface area contributed by atoms with Crippen LogP contribution in [0, 0.1) is 18.3 Å². The molecule has 5 heteroatoms. The van der Waals surface area contributed by atoms with Gasteiger partial charge in [-0.15, -0.1) is 0 Å². The Morgan fingerprint density at radius 3 is 2.71 bits per heavy atom. The Morgan fingerprint density at radius 1 is 1.24 bits per heavy atom. The Balaban J connectivity index is 2.65. The van der Waals surface area contributed by atoms with E-state index >= 15 is 0 Å². The van der Waals surface area contributed by atoms with Gasteiger partial charge in [0, 0.05) is 11.3 Å². The summed E-state index contributed by atoms with van der Waals surface area (Å²) < 4.78 is 0. The Kier molecular flexibility index (Phi) is 3.28. The molecule has 0 amide bonds. The van der Waals surface area contributed by atoms with Gasteiger partial charge in [0.1, 0.15) is 11.8 Å². The Labute approximate surface area is 109 Å². The van der Waals surface area contributed by atoms with Crippen LogP contribution in [0.2, 0.25) is 10.0 Å². The van der Waals surface area contributed by atoms with Crippen LogP contribution >= 0.6 is 23.2 Å². The van der Waals surface area contributed by atoms with Crippen LogP contribution in [0.15, 0.2) is 24.3 Å². The summed E-state index contributed by atoms with van der Waals surface area (Å²) in [6.07, 6.45) is 0. The third kappa shape index (κ3) is 2.38. The molecule has 3 nitrogen and oxygen atoms in total. The van der Waals surface area contributed by atoms with Gasteiger partial charge < -0.3 is 0 Å². The predicted octanol–water partition coefficient (Wildman–Crippen LogP) is 3.63. The molecule has 0 bridgehead atoms. The van der Waals surface area contributed by atoms with Gasteiger partial charge in [-0.2, -0.15) is 5.26 Å². The minimum absolute atomic E-state index is 0.309. The first-order chi connectivity index (χ1) is 8.11. The number of benzene rings is 1. The molecule has 84 valence electrons. The van der Waals surface area contributed by atoms with Crippen molar-refractivity contribution in [3.8, 4) is 17.5 Å². The summed E-state index contributed by atoms with van der Waals surface area (Å²) in [6.45, 7) is 1.80. The van der Waals surface area contributed by atoms with E-state index < -0.39 is 0 Å². The van der Waals surface area contributed by atoms with Gasteiger partial charge in [0.2, 0.25) is 0 Å². The summed E-state index contributed by atoms with van der Waals surface area (Å²) in [6, 6.07) is 8.82. The average Bonchev–Trinajstić information content (AvgIpc) is 2.31. The summed E-state index contributed by atoms with van der Waals surface area (Å²) in [4.78, 5) is 8.36. The minimum Gasteiger partial charge on any atom is -0.233 e. The molecule has 0 fully saturated rings. The average molecular weight is 264 g/mol. The molecule has 0 saturated carbocycles. The van der Waals surface area contributed by atoms with Crippen molar-refractivity contribution < 1.29 is 0 Å². The van der Waals surface area contributed by atoms with E-state index in [0.717, 1.165) is 0 Å². The molecule has 0 atom stereocenters. The number of hydrogen-bond donors (Lipinski definition) is 0. The van der Waals surface area contributed by atoms with Crippen LogP contribution in [0.4, 0.5) is 0 Å². The first-order valence-electron chi connectivity index (χ1n) is 4.82. The summed E-state index contributed by atoms with van der Waals surface area (Å²) in [5, 5.41) is 9.69. The molecule has 0 saturated heterocycles. The van der Waals surface area contributed by atoms with E-state index in [1.807, 2.05) is 6.07 Å². The normalized spacial score (nSPS) is 10.0. The van der Waals surface area contributed by atoms with E-state index in [0.29, 0.717) is 32.8 Å². The molecular weight excluding hydrogens is 257 g/mol. The van der Waals surface area contributed by atoms with Crippen LogP contribution in [0.1, 0.15) is 11.4 Å². The highest BCUT2D eigenvalue weighted by Gasteiger charge is 2.10. The third-order valence-electron chi connectivity index (χ3n) is 2.16. The van der Waals surface area contributed by atoms with Crippen LogP contribution in [0.25, 0.3) is 11.4 Å². The Bertz CT molecular complexity index is 618. The molecule has 1 aromatic heterocycles. The zero-order valence-electron chi connectivity index (χ0n) is 8.91. The SMILES string of the molecule is Cc1cc(C#N)nc(-c2cccc(Cl)c2Cl)n1. The molecular formula is C12H7Cl2N3. The van der Waals surface area contributed by atoms with Crippen molar-refractivity contribution in [2.24, 2.45) is 0 Å². The highest BCUT2D eigenvalue weighted by molar-refractivity contribution is 6.43. The lowest BCUT2D eigenvalue weighted by molar-refractivity contribution is 1.09. The maximum atomic E-state index is 8.86. The zero-order chi connectivity index (χ0) is 12.4. The van der Waals surface area contributed by atoms with Crippen LogP contribution in [-0.2, 0) is 0 Å². The van der Waals surface area contributed by atoms with Crippen molar-refractivity contribution in [1.82, 2.24) is 9.97 Å². The fourth-order valence-corrected chi connectivity index (χ4v) is 1.81. The van der Waals surface area contributed by atoms with Crippen LogP contribution in [0.3, 0.4) is 0 Å². The van der Waals surface area contributed by atoms with E-state index in [1.165, 1.54) is 0 Å². The molecule has 0 radical (unpaired) electrons. The molecule has 2 aromatic rings. The zero-order valence-corrected chi connectivity index (χ0v) is 10.4. The van der Waals surface area contributed by atoms with E-state index in [4.69, 9.17) is 28.5 Å². The number of aromatic nitrogens is 2. The summed E-state index contributed by atoms with van der Waals surface area (Å²) in [7, 11) is 0. The summed E-state index contributed by atoms with van der Waals surface area (Å²) >= 11 is 12.0. The molecule has 1 aromatic carbocycles. The summed E-state index contributed by atoms with van der Waals surface area (Å²) in [5.74, 6) is 0.411. The molecule has 1 heterocycles. The van der Waals surface area contributed by atoms with Gasteiger partial charge >= 0.3 is 0 Å². The number of hydrogen-bond acceptors (Lipinski definition) is 3. The second-order valence-corrected chi connectivity index (χ2v) is 4.22. The van der Waals surface area contributed by atoms with Crippen molar-refractivity contribution in [2.75, 3.05) is 0 Å². The summed E-state index contributed by atoms with van der Waals surface area (Å²) in [5.41, 5.74) is 1.64. The Hall–Kier alpha value is -1.63. The third-order valence-corrected chi connectivity index (χ3v) is 2.98. The van der Waals surface area contributed by atoms with Gasteiger partial charge in [0.25, 0.3) is 0 Å². The topological polar surface area (TPSA) is 49.6 Å². The maximum absolute atomic E-state index is 8.86. The number of halogens is 2. The van der Waals surface area contributed by atoms with Gasteiger partial charge in [-0.25, -0.2) is 9.97 Å². The van der Waals surface area contributed by atoms with Gasteiger partial charge in [-0.1, -0.05) is 29.3 Å². The number of rotatable bonds is 1. The van der Waals surface area contributed by atoms with Crippen molar-refractivity contribution in [3.05, 3.63) is 45.7 Å². The van der Waals surface area contributed by atoms with E-state index in [2.05, 4.69) is 9.97 Å². The molecule has 0 spiro atoms. The first-order valence-corrected chi connectivity index (χ1v) is 5.57. The lowest BCUT2D eigenvalue weighted by Gasteiger charge is -2.05. The monoisotopic (exact) mass is 263 g/mol. The fourth-order valence-electron chi connectivity index (χ4n) is 1.42. The van der Waals surface area contributed by atoms with Gasteiger partial charge in [-0.05, 0) is 25.1 Å². The predicted molar refractivity (Wildman–Crippen MR) is 66.9 cm³/mol. The first kappa shape index (κ1) is 11.8. The van der Waals surface area contributed by atoms with E-state index in [-0.39, 0.29) is 0 Å². The van der Waals surface area contributed by atoms with E-state index in [1.54, 1.807) is 31.2 Å². The molecule has 0 aliphatic heterocycles. The molecule has 0 unspecified atom stereocenters. The van der Waals surface area contributed by atoms with Crippen molar-refractivity contribution in [2.45, 2.75) is 6.92 Å². The number of aryl methyl sites for hydroxylation is 1. The fraction of sp³-hybridized carbons (Fsp3) is 0.0833. The van der Waals surface area contributed by atoms with Crippen LogP contribution in [-0.4, -0.2) is 9.97 Å². The standard InChI is InChI=1S/C12H7Cl2N3/c1-7-5-8(6-15)17-12(16-7)9-3-2-4-10(13)11(9)14/h2-5H,1H3. The smallest absolute Gasteiger partial charge is 0.162 e. The van der Waals surface area contributed by atoms with Crippen molar-refractivity contribution >= 4 is 23.2 Å². The van der Waals surface area contributed by atoms with Gasteiger partial charge in [0.15, 0.2) is 5.82 Å². The molecule has 0 N–H and O–H groups in total. The van der Waals surface area contributed by atoms with Gasteiger partial charge in [-0.3, -0.25) is 0 Å². The second kappa shape index (κ2) is 4.70. The lowest BCUT2D eigenvalue weighted by atomic mass is 10.2. The van der Waals surface area contributed by atoms with Crippen LogP contribution < -0.4 is 0 Å². The highest BCUT2D eigenvalue weighted by Crippen LogP contribution is 2.31. The lowest BCUT2D eigenvalue weighted by Crippen LogP contribution is -1.95. The van der Waals surface area contributed by atoms with Crippen molar-refractivity contribution in [1.29, 1.82) is 5.26 Å². The molecule has 0 aliphatic carbocycles. The minimum atomic E-state index is 0.309. The maximum Gasteiger partial charge on any atom is 0.162 e. The quantitative estimate of drug-likeness (QED) is 0.790. The Morgan fingerprint density at radius 2 is 2.00 bits per heavy atom. The number of nitrogens with zero attached hydrogens (tertiary/aromatic N) is 3. The van der Waals surface area contributed by atoms with E-state index in [9.17, 15) is 0 Å². The molecule has 2 rings (SSSR count). The second-order valence-electron chi connectivity index (χ2n) is 3.43. The van der Waals surface area contributed by atoms with Crippen molar-refractivity contribution in [3.63, 3.8) is 0 Å². The highest BCUT2D eigenvalue weighted by atomic mass is 35.5. The molecule has 0 aliphatic rings. The van der Waals surface area contributed by atoms with Gasteiger partial charge in [0.05, 0.1) is 10.0 Å².